The van der Waals surface area contributed by atoms with Gasteiger partial charge in [0.1, 0.15) is 5.82 Å². The van der Waals surface area contributed by atoms with Crippen molar-refractivity contribution >= 4 is 22.3 Å². The molecule has 0 bridgehead atoms. The summed E-state index contributed by atoms with van der Waals surface area (Å²) in [6.07, 6.45) is 3.82. The Morgan fingerprint density at radius 3 is 2.91 bits per heavy atom. The first-order valence-corrected chi connectivity index (χ1v) is 7.41. The molecule has 0 aliphatic carbocycles. The van der Waals surface area contributed by atoms with Gasteiger partial charge in [0.2, 0.25) is 0 Å². The van der Waals surface area contributed by atoms with E-state index in [1.807, 2.05) is 18.3 Å². The molecule has 2 aromatic carbocycles. The number of nitrogens with two attached hydrogens (primary N) is 1. The summed E-state index contributed by atoms with van der Waals surface area (Å²) >= 11 is 0. The first-order valence-electron chi connectivity index (χ1n) is 7.41. The molecule has 110 valence electrons. The Labute approximate surface area is 127 Å². The van der Waals surface area contributed by atoms with Crippen LogP contribution >= 0.6 is 0 Å². The van der Waals surface area contributed by atoms with Crippen LogP contribution in [0.4, 0.5) is 10.1 Å². The van der Waals surface area contributed by atoms with Crippen LogP contribution in [0.1, 0.15) is 12.0 Å². The molecule has 0 atom stereocenters. The van der Waals surface area contributed by atoms with Gasteiger partial charge in [-0.1, -0.05) is 6.07 Å². The number of halogens is 1. The average Bonchev–Trinajstić information content (AvgIpc) is 2.96. The third kappa shape index (κ3) is 2.12. The highest BCUT2D eigenvalue weighted by Crippen LogP contribution is 2.34. The maximum absolute atomic E-state index is 13.3. The maximum atomic E-state index is 13.3. The largest absolute Gasteiger partial charge is 0.360 e. The summed E-state index contributed by atoms with van der Waals surface area (Å²) in [4.78, 5) is 7.73. The average molecular weight is 293 g/mol. The molecule has 0 unspecified atom stereocenters. The minimum atomic E-state index is -0.227. The summed E-state index contributed by atoms with van der Waals surface area (Å²) in [5.74, 6) is -0.227. The number of nitrogens with zero attached hydrogens (tertiary/aromatic N) is 1. The zero-order valence-electron chi connectivity index (χ0n) is 12.1. The first-order chi connectivity index (χ1) is 10.7. The second kappa shape index (κ2) is 5.07. The molecule has 0 fully saturated rings. The molecule has 1 aliphatic rings. The van der Waals surface area contributed by atoms with Gasteiger partial charge in [0.05, 0.1) is 5.69 Å². The van der Waals surface area contributed by atoms with E-state index in [-0.39, 0.29) is 5.82 Å². The molecule has 0 saturated heterocycles. The zero-order chi connectivity index (χ0) is 15.1. The summed E-state index contributed by atoms with van der Waals surface area (Å²) < 4.78 is 13.3. The van der Waals surface area contributed by atoms with Crippen molar-refractivity contribution in [2.75, 3.05) is 6.54 Å². The Morgan fingerprint density at radius 2 is 2.05 bits per heavy atom. The zero-order valence-corrected chi connectivity index (χ0v) is 12.1. The summed E-state index contributed by atoms with van der Waals surface area (Å²) in [5, 5.41) is 1.03. The van der Waals surface area contributed by atoms with E-state index in [0.29, 0.717) is 6.54 Å². The molecular formula is C18H16FN3. The van der Waals surface area contributed by atoms with Crippen molar-refractivity contribution in [2.45, 2.75) is 12.8 Å². The van der Waals surface area contributed by atoms with E-state index in [4.69, 9.17) is 5.73 Å². The Morgan fingerprint density at radius 1 is 1.14 bits per heavy atom. The minimum Gasteiger partial charge on any atom is -0.360 e. The standard InChI is InChI=1S/C18H16FN3/c19-13-3-5-15-16(10-21-18(15)8-13)11-2-6-17-12(7-11)1-4-14(9-20)22-17/h2-3,5-8,10,21H,1,4,9,20H2. The van der Waals surface area contributed by atoms with Crippen LogP contribution in [0.2, 0.25) is 0 Å². The number of rotatable bonds is 2. The third-order valence-corrected chi connectivity index (χ3v) is 4.23. The van der Waals surface area contributed by atoms with Crippen LogP contribution in [0.25, 0.3) is 22.0 Å². The predicted molar refractivity (Wildman–Crippen MR) is 88.2 cm³/mol. The van der Waals surface area contributed by atoms with E-state index in [2.05, 4.69) is 22.1 Å². The van der Waals surface area contributed by atoms with Gasteiger partial charge in [0, 0.05) is 34.9 Å². The van der Waals surface area contributed by atoms with E-state index in [1.165, 1.54) is 17.7 Å². The van der Waals surface area contributed by atoms with Gasteiger partial charge in [0.25, 0.3) is 0 Å². The number of fused-ring (bicyclic) bond motifs is 2. The number of benzene rings is 2. The van der Waals surface area contributed by atoms with Crippen LogP contribution in [0, 0.1) is 5.82 Å². The molecule has 0 amide bonds. The summed E-state index contributed by atoms with van der Waals surface area (Å²) in [7, 11) is 0. The van der Waals surface area contributed by atoms with Crippen molar-refractivity contribution in [1.29, 1.82) is 0 Å². The summed E-state index contributed by atoms with van der Waals surface area (Å²) in [6, 6.07) is 11.1. The highest BCUT2D eigenvalue weighted by Gasteiger charge is 2.13. The molecule has 4 heteroatoms. The number of aromatic amines is 1. The molecule has 2 heterocycles. The maximum Gasteiger partial charge on any atom is 0.125 e. The Balaban J connectivity index is 1.81. The Kier molecular flexibility index (Phi) is 3.05. The highest BCUT2D eigenvalue weighted by molar-refractivity contribution is 5.96. The molecular weight excluding hydrogens is 277 g/mol. The van der Waals surface area contributed by atoms with Crippen molar-refractivity contribution in [3.63, 3.8) is 0 Å². The van der Waals surface area contributed by atoms with Gasteiger partial charge in [0.15, 0.2) is 0 Å². The van der Waals surface area contributed by atoms with E-state index in [1.54, 1.807) is 0 Å². The van der Waals surface area contributed by atoms with Crippen molar-refractivity contribution < 1.29 is 4.39 Å². The first kappa shape index (κ1) is 13.2. The fourth-order valence-corrected chi connectivity index (χ4v) is 3.05. The lowest BCUT2D eigenvalue weighted by Gasteiger charge is -2.15. The second-order valence-corrected chi connectivity index (χ2v) is 5.62. The van der Waals surface area contributed by atoms with Gasteiger partial charge in [-0.15, -0.1) is 0 Å². The number of H-pyrrole nitrogens is 1. The lowest BCUT2D eigenvalue weighted by Crippen LogP contribution is -2.16. The van der Waals surface area contributed by atoms with Crippen molar-refractivity contribution in [2.24, 2.45) is 10.7 Å². The van der Waals surface area contributed by atoms with Gasteiger partial charge in [-0.2, -0.15) is 0 Å². The van der Waals surface area contributed by atoms with Crippen LogP contribution in [-0.4, -0.2) is 17.2 Å². The molecule has 0 radical (unpaired) electrons. The summed E-state index contributed by atoms with van der Waals surface area (Å²) in [6.45, 7) is 0.523. The third-order valence-electron chi connectivity index (χ3n) is 4.23. The van der Waals surface area contributed by atoms with E-state index >= 15 is 0 Å². The normalized spacial score (nSPS) is 14.0. The number of hydrogen-bond acceptors (Lipinski definition) is 2. The Bertz CT molecular complexity index is 892. The number of hydrogen-bond donors (Lipinski definition) is 2. The van der Waals surface area contributed by atoms with E-state index in [9.17, 15) is 4.39 Å². The Hall–Kier alpha value is -2.46. The predicted octanol–water partition coefficient (Wildman–Crippen LogP) is 3.95. The van der Waals surface area contributed by atoms with Gasteiger partial charge < -0.3 is 10.7 Å². The van der Waals surface area contributed by atoms with Gasteiger partial charge >= 0.3 is 0 Å². The molecule has 1 aromatic heterocycles. The van der Waals surface area contributed by atoms with Gasteiger partial charge in [-0.25, -0.2) is 4.39 Å². The number of aliphatic imine (C=N–C) groups is 1. The van der Waals surface area contributed by atoms with Crippen molar-refractivity contribution in [1.82, 2.24) is 4.98 Å². The highest BCUT2D eigenvalue weighted by atomic mass is 19.1. The number of aryl methyl sites for hydroxylation is 1. The molecule has 3 N–H and O–H groups in total. The van der Waals surface area contributed by atoms with E-state index in [0.717, 1.165) is 46.3 Å². The van der Waals surface area contributed by atoms with Crippen LogP contribution in [0.3, 0.4) is 0 Å². The van der Waals surface area contributed by atoms with E-state index < -0.39 is 0 Å². The second-order valence-electron chi connectivity index (χ2n) is 5.62. The molecule has 3 nitrogen and oxygen atoms in total. The molecule has 4 rings (SSSR count). The number of nitrogens with one attached hydrogen (secondary N) is 1. The molecule has 22 heavy (non-hydrogen) atoms. The van der Waals surface area contributed by atoms with Gasteiger partial charge in [-0.05, 0) is 54.3 Å². The fourth-order valence-electron chi connectivity index (χ4n) is 3.05. The van der Waals surface area contributed by atoms with Crippen molar-refractivity contribution in [3.8, 4) is 11.1 Å². The lowest BCUT2D eigenvalue weighted by atomic mass is 9.96. The minimum absolute atomic E-state index is 0.227. The molecule has 1 aliphatic heterocycles. The van der Waals surface area contributed by atoms with Crippen molar-refractivity contribution in [3.05, 3.63) is 54.0 Å². The molecule has 0 spiro atoms. The SMILES string of the molecule is NCC1=Nc2ccc(-c3c[nH]c4cc(F)ccc34)cc2CC1. The smallest absolute Gasteiger partial charge is 0.125 e. The fraction of sp³-hybridized carbons (Fsp3) is 0.167. The van der Waals surface area contributed by atoms with Crippen LogP contribution in [0.15, 0.2) is 47.6 Å². The topological polar surface area (TPSA) is 54.2 Å². The quantitative estimate of drug-likeness (QED) is 0.738. The van der Waals surface area contributed by atoms with Crippen LogP contribution < -0.4 is 5.73 Å². The monoisotopic (exact) mass is 293 g/mol. The lowest BCUT2D eigenvalue weighted by molar-refractivity contribution is 0.629. The van der Waals surface area contributed by atoms with Crippen LogP contribution in [-0.2, 0) is 6.42 Å². The van der Waals surface area contributed by atoms with Gasteiger partial charge in [-0.3, -0.25) is 4.99 Å². The van der Waals surface area contributed by atoms with Crippen LogP contribution in [0.5, 0.6) is 0 Å². The summed E-state index contributed by atoms with van der Waals surface area (Å²) in [5.41, 5.74) is 12.0. The number of aromatic nitrogens is 1. The molecule has 3 aromatic rings. The molecule has 0 saturated carbocycles.